The van der Waals surface area contributed by atoms with Crippen LogP contribution in [0.15, 0.2) is 54.6 Å². The molecule has 6 heteroatoms. The number of aromatic nitrogens is 2. The Hall–Kier alpha value is -2.30. The van der Waals surface area contributed by atoms with E-state index in [4.69, 9.17) is 23.2 Å². The van der Waals surface area contributed by atoms with Gasteiger partial charge in [-0.05, 0) is 30.7 Å². The maximum Gasteiger partial charge on any atom is 0.258 e. The first-order chi connectivity index (χ1) is 11.5. The molecule has 0 aliphatic heterocycles. The van der Waals surface area contributed by atoms with Crippen LogP contribution in [0.4, 0.5) is 5.82 Å². The number of aryl methyl sites for hydroxylation is 1. The van der Waals surface area contributed by atoms with Crippen molar-refractivity contribution in [1.82, 2.24) is 9.78 Å². The van der Waals surface area contributed by atoms with Gasteiger partial charge in [-0.1, -0.05) is 53.5 Å². The molecule has 0 spiro atoms. The second-order valence-corrected chi connectivity index (χ2v) is 6.24. The molecule has 0 bridgehead atoms. The maximum atomic E-state index is 12.5. The van der Waals surface area contributed by atoms with Crippen molar-refractivity contribution in [3.05, 3.63) is 81.5 Å². The Bertz CT molecular complexity index is 875. The summed E-state index contributed by atoms with van der Waals surface area (Å²) in [5, 5.41) is 8.10. The number of amides is 1. The molecule has 0 aliphatic rings. The van der Waals surface area contributed by atoms with Crippen LogP contribution in [0.5, 0.6) is 0 Å². The van der Waals surface area contributed by atoms with E-state index in [2.05, 4.69) is 10.4 Å². The molecule has 1 N–H and O–H groups in total. The molecule has 0 aliphatic carbocycles. The standard InChI is InChI=1S/C18H15Cl2N3O/c1-12-9-17(23(22-12)11-13-5-3-2-4-6-13)21-18(24)15-8-7-14(19)10-16(15)20/h2-10H,11H2,1H3,(H,21,24). The molecule has 122 valence electrons. The molecule has 4 nitrogen and oxygen atoms in total. The molecule has 3 aromatic rings. The normalized spacial score (nSPS) is 10.6. The summed E-state index contributed by atoms with van der Waals surface area (Å²) in [4.78, 5) is 12.5. The first-order valence-corrected chi connectivity index (χ1v) is 8.13. The molecule has 0 atom stereocenters. The highest BCUT2D eigenvalue weighted by molar-refractivity contribution is 6.37. The lowest BCUT2D eigenvalue weighted by Crippen LogP contribution is -2.16. The fourth-order valence-corrected chi connectivity index (χ4v) is 2.87. The number of carbonyl (C=O) groups is 1. The number of halogens is 2. The number of hydrogen-bond acceptors (Lipinski definition) is 2. The molecule has 0 saturated heterocycles. The van der Waals surface area contributed by atoms with Gasteiger partial charge in [0, 0.05) is 11.1 Å². The van der Waals surface area contributed by atoms with Crippen LogP contribution in [0.2, 0.25) is 10.0 Å². The number of benzene rings is 2. The zero-order valence-electron chi connectivity index (χ0n) is 13.0. The molecule has 0 radical (unpaired) electrons. The maximum absolute atomic E-state index is 12.5. The van der Waals surface area contributed by atoms with Crippen LogP contribution in [-0.2, 0) is 6.54 Å². The molecule has 1 aromatic heterocycles. The van der Waals surface area contributed by atoms with Crippen LogP contribution in [-0.4, -0.2) is 15.7 Å². The van der Waals surface area contributed by atoms with Gasteiger partial charge in [-0.25, -0.2) is 4.68 Å². The number of anilines is 1. The lowest BCUT2D eigenvalue weighted by Gasteiger charge is -2.10. The average molecular weight is 360 g/mol. The predicted octanol–water partition coefficient (Wildman–Crippen LogP) is 4.80. The summed E-state index contributed by atoms with van der Waals surface area (Å²) in [5.74, 6) is 0.318. The highest BCUT2D eigenvalue weighted by Crippen LogP contribution is 2.22. The number of nitrogens with zero attached hydrogens (tertiary/aromatic N) is 2. The van der Waals surface area contributed by atoms with Crippen LogP contribution in [0.25, 0.3) is 0 Å². The van der Waals surface area contributed by atoms with Crippen LogP contribution < -0.4 is 5.32 Å². The van der Waals surface area contributed by atoms with Crippen molar-refractivity contribution in [2.45, 2.75) is 13.5 Å². The fourth-order valence-electron chi connectivity index (χ4n) is 2.38. The van der Waals surface area contributed by atoms with Gasteiger partial charge in [0.2, 0.25) is 0 Å². The summed E-state index contributed by atoms with van der Waals surface area (Å²) in [5.41, 5.74) is 2.29. The van der Waals surface area contributed by atoms with Gasteiger partial charge in [-0.3, -0.25) is 4.79 Å². The third-order valence-corrected chi connectivity index (χ3v) is 4.04. The van der Waals surface area contributed by atoms with E-state index >= 15 is 0 Å². The zero-order chi connectivity index (χ0) is 17.1. The highest BCUT2D eigenvalue weighted by Gasteiger charge is 2.14. The number of nitrogens with one attached hydrogen (secondary N) is 1. The summed E-state index contributed by atoms with van der Waals surface area (Å²) in [6, 6.07) is 16.5. The predicted molar refractivity (Wildman–Crippen MR) is 96.9 cm³/mol. The Kier molecular flexibility index (Phi) is 4.88. The van der Waals surface area contributed by atoms with Gasteiger partial charge < -0.3 is 5.32 Å². The van der Waals surface area contributed by atoms with Gasteiger partial charge in [0.15, 0.2) is 0 Å². The third kappa shape index (κ3) is 3.78. The van der Waals surface area contributed by atoms with Crippen molar-refractivity contribution in [3.8, 4) is 0 Å². The SMILES string of the molecule is Cc1cc(NC(=O)c2ccc(Cl)cc2Cl)n(Cc2ccccc2)n1. The van der Waals surface area contributed by atoms with Crippen molar-refractivity contribution in [1.29, 1.82) is 0 Å². The second-order valence-electron chi connectivity index (χ2n) is 5.39. The van der Waals surface area contributed by atoms with Crippen molar-refractivity contribution in [3.63, 3.8) is 0 Å². The summed E-state index contributed by atoms with van der Waals surface area (Å²) >= 11 is 12.0. The number of rotatable bonds is 4. The van der Waals surface area contributed by atoms with E-state index in [0.717, 1.165) is 11.3 Å². The summed E-state index contributed by atoms with van der Waals surface area (Å²) in [6.45, 7) is 2.45. The van der Waals surface area contributed by atoms with Gasteiger partial charge in [-0.15, -0.1) is 0 Å². The Balaban J connectivity index is 1.83. The van der Waals surface area contributed by atoms with Crippen molar-refractivity contribution in [2.24, 2.45) is 0 Å². The second kappa shape index (κ2) is 7.07. The van der Waals surface area contributed by atoms with E-state index in [9.17, 15) is 4.79 Å². The first-order valence-electron chi connectivity index (χ1n) is 7.38. The van der Waals surface area contributed by atoms with E-state index in [-0.39, 0.29) is 5.91 Å². The van der Waals surface area contributed by atoms with Gasteiger partial charge >= 0.3 is 0 Å². The molecule has 0 saturated carbocycles. The lowest BCUT2D eigenvalue weighted by atomic mass is 10.2. The number of hydrogen-bond donors (Lipinski definition) is 1. The molecule has 3 rings (SSSR count). The zero-order valence-corrected chi connectivity index (χ0v) is 14.5. The fraction of sp³-hybridized carbons (Fsp3) is 0.111. The van der Waals surface area contributed by atoms with Gasteiger partial charge in [0.05, 0.1) is 22.8 Å². The molecular formula is C18H15Cl2N3O. The lowest BCUT2D eigenvalue weighted by molar-refractivity contribution is 0.102. The van der Waals surface area contributed by atoms with E-state index in [1.165, 1.54) is 0 Å². The molecule has 1 amide bonds. The first kappa shape index (κ1) is 16.6. The van der Waals surface area contributed by atoms with Crippen molar-refractivity contribution in [2.75, 3.05) is 5.32 Å². The van der Waals surface area contributed by atoms with Gasteiger partial charge in [0.1, 0.15) is 5.82 Å². The van der Waals surface area contributed by atoms with E-state index in [0.29, 0.717) is 28.0 Å². The molecular weight excluding hydrogens is 345 g/mol. The van der Waals surface area contributed by atoms with Gasteiger partial charge in [0.25, 0.3) is 5.91 Å². The minimum atomic E-state index is -0.300. The molecule has 2 aromatic carbocycles. The smallest absolute Gasteiger partial charge is 0.258 e. The Morgan fingerprint density at radius 1 is 1.12 bits per heavy atom. The Morgan fingerprint density at radius 3 is 2.58 bits per heavy atom. The topological polar surface area (TPSA) is 46.9 Å². The Morgan fingerprint density at radius 2 is 1.88 bits per heavy atom. The molecule has 24 heavy (non-hydrogen) atoms. The summed E-state index contributed by atoms with van der Waals surface area (Å²) < 4.78 is 1.76. The molecule has 0 fully saturated rings. The quantitative estimate of drug-likeness (QED) is 0.727. The summed E-state index contributed by atoms with van der Waals surface area (Å²) in [6.07, 6.45) is 0. The van der Waals surface area contributed by atoms with Crippen LogP contribution in [0, 0.1) is 6.92 Å². The van der Waals surface area contributed by atoms with E-state index in [1.807, 2.05) is 43.3 Å². The van der Waals surface area contributed by atoms with E-state index < -0.39 is 0 Å². The number of carbonyl (C=O) groups excluding carboxylic acids is 1. The minimum absolute atomic E-state index is 0.300. The third-order valence-electron chi connectivity index (χ3n) is 3.49. The van der Waals surface area contributed by atoms with Crippen LogP contribution in [0.1, 0.15) is 21.6 Å². The van der Waals surface area contributed by atoms with Crippen LogP contribution in [0.3, 0.4) is 0 Å². The van der Waals surface area contributed by atoms with Crippen LogP contribution >= 0.6 is 23.2 Å². The van der Waals surface area contributed by atoms with E-state index in [1.54, 1.807) is 22.9 Å². The van der Waals surface area contributed by atoms with Gasteiger partial charge in [-0.2, -0.15) is 5.10 Å². The largest absolute Gasteiger partial charge is 0.307 e. The minimum Gasteiger partial charge on any atom is -0.307 e. The monoisotopic (exact) mass is 359 g/mol. The molecule has 1 heterocycles. The van der Waals surface area contributed by atoms with Crippen molar-refractivity contribution >= 4 is 34.9 Å². The average Bonchev–Trinajstić information content (AvgIpc) is 2.87. The summed E-state index contributed by atoms with van der Waals surface area (Å²) in [7, 11) is 0. The highest BCUT2D eigenvalue weighted by atomic mass is 35.5. The Labute approximate surface area is 150 Å². The van der Waals surface area contributed by atoms with Crippen molar-refractivity contribution < 1.29 is 4.79 Å². The molecule has 0 unspecified atom stereocenters.